The molecule has 0 radical (unpaired) electrons. The lowest BCUT2D eigenvalue weighted by Crippen LogP contribution is -1.85. The lowest BCUT2D eigenvalue weighted by molar-refractivity contribution is 1.76. The highest BCUT2D eigenvalue weighted by Gasteiger charge is 2.17. The zero-order valence-corrected chi connectivity index (χ0v) is 17.7. The van der Waals surface area contributed by atoms with E-state index in [0.717, 1.165) is 11.1 Å². The van der Waals surface area contributed by atoms with E-state index in [1.807, 2.05) is 22.7 Å². The minimum atomic E-state index is 1.11. The molecule has 0 nitrogen and oxygen atoms in total. The predicted octanol–water partition coefficient (Wildman–Crippen LogP) is 8.38. The van der Waals surface area contributed by atoms with E-state index in [9.17, 15) is 0 Å². The summed E-state index contributed by atoms with van der Waals surface area (Å²) in [6.45, 7) is 0. The van der Waals surface area contributed by atoms with Gasteiger partial charge in [-0.15, -0.1) is 0 Å². The quantitative estimate of drug-likeness (QED) is 0.132. The topological polar surface area (TPSA) is 0 Å². The Kier molecular flexibility index (Phi) is 4.16. The Morgan fingerprint density at radius 2 is 0.633 bits per heavy atom. The molecule has 6 aromatic rings. The van der Waals surface area contributed by atoms with Crippen LogP contribution in [-0.4, -0.2) is 0 Å². The van der Waals surface area contributed by atoms with Gasteiger partial charge in [0.25, 0.3) is 0 Å². The fraction of sp³-hybridized carbons (Fsp3) is 0. The summed E-state index contributed by atoms with van der Waals surface area (Å²) in [6.07, 6.45) is 0. The molecule has 0 bridgehead atoms. The molecule has 138 valence electrons. The summed E-state index contributed by atoms with van der Waals surface area (Å²) < 4.78 is 5.08. The highest BCUT2D eigenvalue weighted by Crippen LogP contribution is 2.34. The van der Waals surface area contributed by atoms with Gasteiger partial charge in [-0.25, -0.2) is 0 Å². The third-order valence-corrected chi connectivity index (χ3v) is 7.68. The van der Waals surface area contributed by atoms with Crippen LogP contribution in [0.5, 0.6) is 0 Å². The van der Waals surface area contributed by atoms with Gasteiger partial charge in [-0.2, -0.15) is 0 Å². The second-order valence-electron chi connectivity index (χ2n) is 7.19. The van der Waals surface area contributed by atoms with E-state index in [1.165, 1.54) is 40.3 Å². The molecule has 0 atom stereocenters. The molecule has 0 fully saturated rings. The Morgan fingerprint density at radius 3 is 0.933 bits per heavy atom. The van der Waals surface area contributed by atoms with Crippen molar-refractivity contribution in [2.75, 3.05) is 0 Å². The van der Waals surface area contributed by atoms with E-state index >= 15 is 0 Å². The van der Waals surface area contributed by atoms with Gasteiger partial charge in [-0.05, 0) is 24.3 Å². The monoisotopic (exact) mass is 416 g/mol. The summed E-state index contributed by atoms with van der Waals surface area (Å²) >= 11 is 3.65. The standard InChI is InChI=1S/C28H16S2/c1-5-13-25-21(9-1)19(22-10-2-6-14-26(22)29-25)17-18-20-23-11-3-7-15-27(23)30-28-16-8-4-12-24(20)28/h1-16H/q+2. The third kappa shape index (κ3) is 2.83. The summed E-state index contributed by atoms with van der Waals surface area (Å²) in [5.41, 5.74) is 2.22. The van der Waals surface area contributed by atoms with Crippen molar-refractivity contribution in [2.45, 2.75) is 0 Å². The van der Waals surface area contributed by atoms with Gasteiger partial charge in [0, 0.05) is 24.3 Å². The number of rotatable bonds is 0. The van der Waals surface area contributed by atoms with Crippen LogP contribution in [-0.2, 0) is 0 Å². The van der Waals surface area contributed by atoms with E-state index in [1.54, 1.807) is 0 Å². The molecule has 2 heteroatoms. The smallest absolute Gasteiger partial charge is 0.0612 e. The number of hydrogen-bond acceptors (Lipinski definition) is 0. The first-order valence-electron chi connectivity index (χ1n) is 9.88. The second-order valence-corrected chi connectivity index (χ2v) is 9.36. The van der Waals surface area contributed by atoms with E-state index < -0.39 is 0 Å². The Morgan fingerprint density at radius 1 is 0.367 bits per heavy atom. The molecular formula is C28H16S2+2. The van der Waals surface area contributed by atoms with Crippen LogP contribution in [0.15, 0.2) is 97.1 Å². The molecule has 0 aliphatic heterocycles. The highest BCUT2D eigenvalue weighted by atomic mass is 32.1. The molecule has 0 saturated heterocycles. The first kappa shape index (κ1) is 17.5. The minimum absolute atomic E-state index is 1.11. The summed E-state index contributed by atoms with van der Waals surface area (Å²) in [7, 11) is 0. The van der Waals surface area contributed by atoms with Crippen LogP contribution in [0.25, 0.3) is 40.3 Å². The molecule has 6 rings (SSSR count). The lowest BCUT2D eigenvalue weighted by Gasteiger charge is -2.00. The SMILES string of the molecule is C(#Cc1c2ccccc2[s+]c2ccccc12)c1c2ccccc2[s+]c2ccccc12. The molecule has 0 unspecified atom stereocenters. The average molecular weight is 417 g/mol. The van der Waals surface area contributed by atoms with Crippen LogP contribution in [0.1, 0.15) is 11.1 Å². The van der Waals surface area contributed by atoms with Gasteiger partial charge in [0.05, 0.1) is 32.7 Å². The lowest BCUT2D eigenvalue weighted by atomic mass is 10.0. The van der Waals surface area contributed by atoms with Crippen LogP contribution in [0, 0.1) is 11.8 Å². The van der Waals surface area contributed by atoms with Crippen molar-refractivity contribution < 1.29 is 0 Å². The number of hydrogen-bond donors (Lipinski definition) is 0. The van der Waals surface area contributed by atoms with E-state index in [0.29, 0.717) is 0 Å². The molecule has 2 heterocycles. The first-order valence-corrected chi connectivity index (χ1v) is 11.5. The van der Waals surface area contributed by atoms with Gasteiger partial charge in [0.2, 0.25) is 41.5 Å². The maximum atomic E-state index is 3.59. The van der Waals surface area contributed by atoms with Crippen molar-refractivity contribution in [3.8, 4) is 11.8 Å². The summed E-state index contributed by atoms with van der Waals surface area (Å²) in [6, 6.07) is 34.3. The zero-order valence-electron chi connectivity index (χ0n) is 16.1. The maximum absolute atomic E-state index is 3.59. The summed E-state index contributed by atoms with van der Waals surface area (Å²) in [5, 5.41) is 4.89. The largest absolute Gasteiger partial charge is 0.240 e. The first-order chi connectivity index (χ1) is 14.9. The Labute approximate surface area is 182 Å². The molecular weight excluding hydrogens is 400 g/mol. The molecule has 4 aromatic carbocycles. The average Bonchev–Trinajstić information content (AvgIpc) is 2.81. The van der Waals surface area contributed by atoms with Crippen LogP contribution in [0.3, 0.4) is 0 Å². The molecule has 0 saturated carbocycles. The van der Waals surface area contributed by atoms with Gasteiger partial charge < -0.3 is 0 Å². The minimum Gasteiger partial charge on any atom is -0.0612 e. The molecule has 0 N–H and O–H groups in total. The van der Waals surface area contributed by atoms with Crippen molar-refractivity contribution in [1.29, 1.82) is 0 Å². The predicted molar refractivity (Wildman–Crippen MR) is 133 cm³/mol. The van der Waals surface area contributed by atoms with Crippen molar-refractivity contribution in [3.05, 3.63) is 108 Å². The molecule has 2 aromatic heterocycles. The molecule has 0 aliphatic rings. The number of benzene rings is 4. The van der Waals surface area contributed by atoms with E-state index in [-0.39, 0.29) is 0 Å². The summed E-state index contributed by atoms with van der Waals surface area (Å²) in [5.74, 6) is 7.19. The van der Waals surface area contributed by atoms with Gasteiger partial charge in [0.15, 0.2) is 0 Å². The van der Waals surface area contributed by atoms with Gasteiger partial charge >= 0.3 is 0 Å². The number of fused-ring (bicyclic) bond motifs is 4. The van der Waals surface area contributed by atoms with Crippen LogP contribution in [0.4, 0.5) is 0 Å². The van der Waals surface area contributed by atoms with Crippen LogP contribution >= 0.6 is 22.7 Å². The normalized spacial score (nSPS) is 11.1. The second kappa shape index (κ2) is 7.15. The van der Waals surface area contributed by atoms with E-state index in [4.69, 9.17) is 0 Å². The van der Waals surface area contributed by atoms with Gasteiger partial charge in [-0.1, -0.05) is 60.4 Å². The van der Waals surface area contributed by atoms with Crippen molar-refractivity contribution in [1.82, 2.24) is 0 Å². The molecule has 0 spiro atoms. The Hall–Kier alpha value is -3.38. The van der Waals surface area contributed by atoms with Crippen molar-refractivity contribution in [3.63, 3.8) is 0 Å². The Balaban J connectivity index is 1.72. The van der Waals surface area contributed by atoms with E-state index in [2.05, 4.69) is 109 Å². The van der Waals surface area contributed by atoms with Gasteiger partial charge in [0.1, 0.15) is 0 Å². The zero-order chi connectivity index (χ0) is 19.9. The van der Waals surface area contributed by atoms with Crippen molar-refractivity contribution in [2.24, 2.45) is 0 Å². The summed E-state index contributed by atoms with van der Waals surface area (Å²) in [4.78, 5) is 0. The van der Waals surface area contributed by atoms with Crippen LogP contribution < -0.4 is 0 Å². The molecule has 0 aliphatic carbocycles. The molecule has 30 heavy (non-hydrogen) atoms. The van der Waals surface area contributed by atoms with Crippen LogP contribution in [0.2, 0.25) is 0 Å². The van der Waals surface area contributed by atoms with Crippen molar-refractivity contribution >= 4 is 63.0 Å². The maximum Gasteiger partial charge on any atom is 0.240 e. The Bertz CT molecular complexity index is 1420. The fourth-order valence-corrected chi connectivity index (χ4v) is 6.15. The highest BCUT2D eigenvalue weighted by molar-refractivity contribution is 7.25. The fourth-order valence-electron chi connectivity index (χ4n) is 3.97. The third-order valence-electron chi connectivity index (χ3n) is 5.38. The van der Waals surface area contributed by atoms with Gasteiger partial charge in [-0.3, -0.25) is 0 Å². The molecule has 0 amide bonds.